The average Bonchev–Trinajstić information content (AvgIpc) is 2.73. The van der Waals surface area contributed by atoms with Crippen LogP contribution in [0, 0.1) is 23.3 Å². The van der Waals surface area contributed by atoms with Crippen LogP contribution in [0.3, 0.4) is 0 Å². The molecule has 30 heavy (non-hydrogen) atoms. The van der Waals surface area contributed by atoms with Crippen molar-refractivity contribution >= 4 is 24.0 Å². The van der Waals surface area contributed by atoms with Gasteiger partial charge in [-0.1, -0.05) is 12.1 Å². The van der Waals surface area contributed by atoms with Crippen molar-refractivity contribution < 1.29 is 22.4 Å². The molecule has 3 rings (SSSR count). The van der Waals surface area contributed by atoms with Gasteiger partial charge in [-0.15, -0.1) is 0 Å². The summed E-state index contributed by atoms with van der Waals surface area (Å²) in [5.74, 6) is -4.41. The molecule has 0 saturated carbocycles. The average molecular weight is 414 g/mol. The van der Waals surface area contributed by atoms with E-state index in [1.165, 1.54) is 36.7 Å². The minimum atomic E-state index is -1.01. The highest BCUT2D eigenvalue weighted by Gasteiger charge is 2.05. The van der Waals surface area contributed by atoms with E-state index in [1.807, 2.05) is 0 Å². The molecule has 3 aromatic rings. The summed E-state index contributed by atoms with van der Waals surface area (Å²) in [6.45, 7) is 0. The van der Waals surface area contributed by atoms with E-state index in [0.29, 0.717) is 16.8 Å². The van der Waals surface area contributed by atoms with Gasteiger partial charge >= 0.3 is 0 Å². The molecule has 0 aromatic heterocycles. The molecular weight excluding hydrogens is 400 g/mol. The largest absolute Gasteiger partial charge is 0.279 e. The van der Waals surface area contributed by atoms with Gasteiger partial charge in [0.1, 0.15) is 0 Å². The van der Waals surface area contributed by atoms with Crippen LogP contribution in [-0.2, 0) is 0 Å². The van der Waals surface area contributed by atoms with Gasteiger partial charge in [-0.2, -0.15) is 10.2 Å². The van der Waals surface area contributed by atoms with Gasteiger partial charge in [0.2, 0.25) is 0 Å². The number of hydrogen-bond donors (Lipinski definition) is 2. The highest BCUT2D eigenvalue weighted by molar-refractivity contribution is 5.95. The van der Waals surface area contributed by atoms with Crippen LogP contribution in [0.5, 0.6) is 0 Å². The van der Waals surface area contributed by atoms with Crippen LogP contribution in [0.2, 0.25) is 0 Å². The molecule has 3 aromatic carbocycles. The zero-order valence-electron chi connectivity index (χ0n) is 15.2. The van der Waals surface area contributed by atoms with E-state index in [1.54, 1.807) is 12.1 Å². The number of carbonyl (C=O) groups is 1. The normalized spacial score (nSPS) is 11.2. The standard InChI is InChI=1S/C21H14F4N4O/c22-17-7-1-13(9-19(17)24)11-26-28-16-5-3-15(4-6-16)21(30)29-27-12-14-2-8-18(23)20(25)10-14/h1-12,28H,(H,29,30)/b26-11-,27-12-. The molecule has 0 aliphatic carbocycles. The minimum Gasteiger partial charge on any atom is -0.279 e. The lowest BCUT2D eigenvalue weighted by Crippen LogP contribution is -2.17. The lowest BCUT2D eigenvalue weighted by molar-refractivity contribution is 0.0955. The van der Waals surface area contributed by atoms with Gasteiger partial charge in [-0.3, -0.25) is 10.2 Å². The number of nitrogens with zero attached hydrogens (tertiary/aromatic N) is 2. The van der Waals surface area contributed by atoms with Gasteiger partial charge in [-0.25, -0.2) is 23.0 Å². The summed E-state index contributed by atoms with van der Waals surface area (Å²) in [5.41, 5.74) is 6.47. The molecular formula is C21H14F4N4O. The zero-order valence-corrected chi connectivity index (χ0v) is 15.2. The van der Waals surface area contributed by atoms with Gasteiger partial charge in [-0.05, 0) is 59.7 Å². The lowest BCUT2D eigenvalue weighted by atomic mass is 10.2. The maximum absolute atomic E-state index is 13.1. The first-order chi connectivity index (χ1) is 14.4. The Balaban J connectivity index is 1.54. The first kappa shape index (κ1) is 20.7. The SMILES string of the molecule is O=C(N/N=C\c1ccc(F)c(F)c1)c1ccc(N/N=C\c2ccc(F)c(F)c2)cc1. The van der Waals surface area contributed by atoms with Crippen LogP contribution < -0.4 is 10.9 Å². The molecule has 152 valence electrons. The molecule has 0 aliphatic heterocycles. The number of hydrogen-bond acceptors (Lipinski definition) is 4. The van der Waals surface area contributed by atoms with Gasteiger partial charge in [0.05, 0.1) is 18.1 Å². The summed E-state index contributed by atoms with van der Waals surface area (Å²) >= 11 is 0. The maximum Gasteiger partial charge on any atom is 0.271 e. The maximum atomic E-state index is 13.1. The zero-order chi connectivity index (χ0) is 21.5. The van der Waals surface area contributed by atoms with E-state index in [9.17, 15) is 22.4 Å². The molecule has 0 bridgehead atoms. The van der Waals surface area contributed by atoms with E-state index in [2.05, 4.69) is 21.1 Å². The number of anilines is 1. The highest BCUT2D eigenvalue weighted by atomic mass is 19.2. The first-order valence-electron chi connectivity index (χ1n) is 8.55. The Bertz CT molecular complexity index is 1110. The van der Waals surface area contributed by atoms with Crippen LogP contribution in [-0.4, -0.2) is 18.3 Å². The molecule has 5 nitrogen and oxygen atoms in total. The summed E-state index contributed by atoms with van der Waals surface area (Å²) in [5, 5.41) is 7.61. The van der Waals surface area contributed by atoms with E-state index < -0.39 is 29.2 Å². The molecule has 0 fully saturated rings. The van der Waals surface area contributed by atoms with Crippen molar-refractivity contribution in [1.29, 1.82) is 0 Å². The highest BCUT2D eigenvalue weighted by Crippen LogP contribution is 2.11. The predicted molar refractivity (Wildman–Crippen MR) is 105 cm³/mol. The van der Waals surface area contributed by atoms with Gasteiger partial charge < -0.3 is 0 Å². The number of rotatable bonds is 6. The second kappa shape index (κ2) is 9.46. The van der Waals surface area contributed by atoms with Crippen molar-refractivity contribution in [3.63, 3.8) is 0 Å². The third-order valence-corrected chi connectivity index (χ3v) is 3.82. The third kappa shape index (κ3) is 5.51. The Morgan fingerprint density at radius 1 is 0.700 bits per heavy atom. The molecule has 9 heteroatoms. The van der Waals surface area contributed by atoms with Crippen molar-refractivity contribution in [2.75, 3.05) is 5.43 Å². The number of nitrogens with one attached hydrogen (secondary N) is 2. The van der Waals surface area contributed by atoms with E-state index in [-0.39, 0.29) is 5.56 Å². The molecule has 0 heterocycles. The minimum absolute atomic E-state index is 0.285. The molecule has 0 saturated heterocycles. The van der Waals surface area contributed by atoms with Gasteiger partial charge in [0.25, 0.3) is 5.91 Å². The van der Waals surface area contributed by atoms with Crippen LogP contribution in [0.25, 0.3) is 0 Å². The molecule has 0 spiro atoms. The summed E-state index contributed by atoms with van der Waals surface area (Å²) in [7, 11) is 0. The van der Waals surface area contributed by atoms with Crippen LogP contribution >= 0.6 is 0 Å². The summed E-state index contributed by atoms with van der Waals surface area (Å²) in [6, 6.07) is 12.8. The number of benzene rings is 3. The van der Waals surface area contributed by atoms with Crippen molar-refractivity contribution in [2.24, 2.45) is 10.2 Å². The smallest absolute Gasteiger partial charge is 0.271 e. The van der Waals surface area contributed by atoms with Gasteiger partial charge in [0, 0.05) is 5.56 Å². The predicted octanol–water partition coefficient (Wildman–Crippen LogP) is 4.45. The Labute approximate surface area is 168 Å². The second-order valence-corrected chi connectivity index (χ2v) is 5.99. The number of carbonyl (C=O) groups excluding carboxylic acids is 1. The number of amides is 1. The summed E-state index contributed by atoms with van der Waals surface area (Å²) in [4.78, 5) is 12.1. The van der Waals surface area contributed by atoms with Crippen LogP contribution in [0.15, 0.2) is 70.9 Å². The molecule has 0 unspecified atom stereocenters. The van der Waals surface area contributed by atoms with E-state index >= 15 is 0 Å². The van der Waals surface area contributed by atoms with Crippen LogP contribution in [0.4, 0.5) is 23.2 Å². The van der Waals surface area contributed by atoms with E-state index in [0.717, 1.165) is 24.3 Å². The Morgan fingerprint density at radius 3 is 1.77 bits per heavy atom. The van der Waals surface area contributed by atoms with Crippen molar-refractivity contribution in [1.82, 2.24) is 5.43 Å². The first-order valence-corrected chi connectivity index (χ1v) is 8.55. The van der Waals surface area contributed by atoms with Crippen molar-refractivity contribution in [2.45, 2.75) is 0 Å². The quantitative estimate of drug-likeness (QED) is 0.356. The fraction of sp³-hybridized carbons (Fsp3) is 0. The monoisotopic (exact) mass is 414 g/mol. The topological polar surface area (TPSA) is 65.8 Å². The molecule has 0 radical (unpaired) electrons. The fourth-order valence-corrected chi connectivity index (χ4v) is 2.29. The number of hydrazone groups is 2. The molecule has 0 atom stereocenters. The van der Waals surface area contributed by atoms with Gasteiger partial charge in [0.15, 0.2) is 23.3 Å². The fourth-order valence-electron chi connectivity index (χ4n) is 2.29. The molecule has 0 aliphatic rings. The summed E-state index contributed by atoms with van der Waals surface area (Å²) < 4.78 is 52.0. The van der Waals surface area contributed by atoms with Crippen molar-refractivity contribution in [3.8, 4) is 0 Å². The second-order valence-electron chi connectivity index (χ2n) is 5.99. The van der Waals surface area contributed by atoms with Crippen molar-refractivity contribution in [3.05, 3.63) is 101 Å². The third-order valence-electron chi connectivity index (χ3n) is 3.82. The molecule has 2 N–H and O–H groups in total. The Morgan fingerprint density at radius 2 is 1.23 bits per heavy atom. The number of halogens is 4. The molecule has 1 amide bonds. The Kier molecular flexibility index (Phi) is 6.53. The Hall–Kier alpha value is -4.01. The van der Waals surface area contributed by atoms with Crippen LogP contribution in [0.1, 0.15) is 21.5 Å². The van der Waals surface area contributed by atoms with E-state index in [4.69, 9.17) is 0 Å². The summed E-state index contributed by atoms with van der Waals surface area (Å²) in [6.07, 6.45) is 2.50. The lowest BCUT2D eigenvalue weighted by Gasteiger charge is -2.03.